The minimum absolute atomic E-state index is 0.0218. The van der Waals surface area contributed by atoms with Crippen molar-refractivity contribution in [3.05, 3.63) is 80.8 Å². The maximum Gasteiger partial charge on any atom is 0.274 e. The number of rotatable bonds is 5. The molecule has 1 aliphatic carbocycles. The number of allylic oxidation sites excluding steroid dienone is 2. The average Bonchev–Trinajstić information content (AvgIpc) is 3.02. The van der Waals surface area contributed by atoms with Crippen molar-refractivity contribution in [2.45, 2.75) is 12.8 Å². The van der Waals surface area contributed by atoms with Crippen LogP contribution < -0.4 is 0 Å². The third-order valence-electron chi connectivity index (χ3n) is 5.58. The van der Waals surface area contributed by atoms with Crippen LogP contribution in [0.1, 0.15) is 33.6 Å². The van der Waals surface area contributed by atoms with Gasteiger partial charge in [0.15, 0.2) is 5.78 Å². The Hall–Kier alpha value is -2.67. The third kappa shape index (κ3) is 4.18. The van der Waals surface area contributed by atoms with E-state index in [1.807, 2.05) is 12.2 Å². The molecule has 2 aliphatic rings. The Morgan fingerprint density at radius 3 is 2.00 bits per heavy atom. The second kappa shape index (κ2) is 9.06. The van der Waals surface area contributed by atoms with Gasteiger partial charge < -0.3 is 0 Å². The van der Waals surface area contributed by atoms with E-state index in [0.717, 1.165) is 10.0 Å². The number of hydrazine groups is 1. The number of benzene rings is 2. The number of ketones is 1. The van der Waals surface area contributed by atoms with Gasteiger partial charge in [0.05, 0.1) is 22.4 Å². The average molecular weight is 492 g/mol. The van der Waals surface area contributed by atoms with Crippen LogP contribution in [-0.4, -0.2) is 40.1 Å². The van der Waals surface area contributed by atoms with Crippen LogP contribution in [0.5, 0.6) is 0 Å². The molecule has 4 rings (SSSR count). The molecule has 164 valence electrons. The highest BCUT2D eigenvalue weighted by molar-refractivity contribution is 6.36. The van der Waals surface area contributed by atoms with Crippen molar-refractivity contribution in [1.29, 1.82) is 0 Å². The number of amides is 3. The lowest BCUT2D eigenvalue weighted by atomic mass is 9.85. The Morgan fingerprint density at radius 1 is 0.875 bits per heavy atom. The van der Waals surface area contributed by atoms with Gasteiger partial charge in [-0.1, -0.05) is 47.0 Å². The molecule has 0 aromatic heterocycles. The molecule has 1 aliphatic heterocycles. The largest absolute Gasteiger partial charge is 0.292 e. The molecule has 3 amide bonds. The minimum Gasteiger partial charge on any atom is -0.292 e. The molecule has 2 aromatic carbocycles. The topological polar surface area (TPSA) is 74.8 Å². The van der Waals surface area contributed by atoms with Gasteiger partial charge in [-0.2, -0.15) is 5.01 Å². The van der Waals surface area contributed by atoms with E-state index in [1.54, 1.807) is 12.1 Å². The number of hydrogen-bond acceptors (Lipinski definition) is 4. The first-order chi connectivity index (χ1) is 15.3. The van der Waals surface area contributed by atoms with E-state index in [0.29, 0.717) is 22.9 Å². The van der Waals surface area contributed by atoms with E-state index in [2.05, 4.69) is 0 Å². The fraction of sp³-hybridized carbons (Fsp3) is 0.217. The van der Waals surface area contributed by atoms with Crippen LogP contribution in [-0.2, 0) is 9.59 Å². The van der Waals surface area contributed by atoms with Gasteiger partial charge in [-0.15, -0.1) is 0 Å². The predicted octanol–water partition coefficient (Wildman–Crippen LogP) is 4.84. The van der Waals surface area contributed by atoms with Crippen molar-refractivity contribution < 1.29 is 19.2 Å². The second-order valence-electron chi connectivity index (χ2n) is 7.56. The number of carbonyl (C=O) groups is 4. The minimum atomic E-state index is -0.748. The third-order valence-corrected chi connectivity index (χ3v) is 6.38. The quantitative estimate of drug-likeness (QED) is 0.341. The van der Waals surface area contributed by atoms with Gasteiger partial charge in [0.25, 0.3) is 17.7 Å². The van der Waals surface area contributed by atoms with Gasteiger partial charge in [0.2, 0.25) is 0 Å². The van der Waals surface area contributed by atoms with E-state index >= 15 is 0 Å². The molecule has 6 nitrogen and oxygen atoms in total. The van der Waals surface area contributed by atoms with E-state index in [9.17, 15) is 19.2 Å². The zero-order valence-electron chi connectivity index (χ0n) is 16.6. The van der Waals surface area contributed by atoms with E-state index in [1.165, 1.54) is 30.3 Å². The highest BCUT2D eigenvalue weighted by atomic mass is 35.5. The molecule has 0 N–H and O–H groups in total. The molecule has 0 bridgehead atoms. The monoisotopic (exact) mass is 490 g/mol. The number of imide groups is 1. The predicted molar refractivity (Wildman–Crippen MR) is 120 cm³/mol. The Kier molecular flexibility index (Phi) is 6.38. The summed E-state index contributed by atoms with van der Waals surface area (Å²) >= 11 is 18.0. The van der Waals surface area contributed by atoms with Crippen molar-refractivity contribution in [3.8, 4) is 0 Å². The van der Waals surface area contributed by atoms with Crippen LogP contribution in [0.3, 0.4) is 0 Å². The van der Waals surface area contributed by atoms with Crippen molar-refractivity contribution in [1.82, 2.24) is 10.0 Å². The molecule has 1 heterocycles. The molecule has 2 aromatic rings. The summed E-state index contributed by atoms with van der Waals surface area (Å²) in [5.41, 5.74) is 0.307. The molecular weight excluding hydrogens is 475 g/mol. The van der Waals surface area contributed by atoms with Crippen molar-refractivity contribution in [2.75, 3.05) is 6.54 Å². The van der Waals surface area contributed by atoms with Crippen LogP contribution in [0.4, 0.5) is 0 Å². The van der Waals surface area contributed by atoms with Crippen LogP contribution in [0, 0.1) is 11.8 Å². The number of nitrogens with zero attached hydrogens (tertiary/aromatic N) is 2. The Morgan fingerprint density at radius 2 is 1.44 bits per heavy atom. The molecule has 0 unspecified atom stereocenters. The number of fused-ring (bicyclic) bond motifs is 1. The van der Waals surface area contributed by atoms with Gasteiger partial charge in [-0.05, 0) is 55.3 Å². The second-order valence-corrected chi connectivity index (χ2v) is 8.84. The smallest absolute Gasteiger partial charge is 0.274 e. The zero-order chi connectivity index (χ0) is 23.0. The number of halogens is 3. The fourth-order valence-electron chi connectivity index (χ4n) is 3.92. The molecule has 32 heavy (non-hydrogen) atoms. The normalized spacial score (nSPS) is 19.8. The highest BCUT2D eigenvalue weighted by Crippen LogP contribution is 2.36. The van der Waals surface area contributed by atoms with Gasteiger partial charge >= 0.3 is 0 Å². The molecule has 1 saturated heterocycles. The van der Waals surface area contributed by atoms with Crippen molar-refractivity contribution in [3.63, 3.8) is 0 Å². The summed E-state index contributed by atoms with van der Waals surface area (Å²) in [6.07, 6.45) is 4.50. The summed E-state index contributed by atoms with van der Waals surface area (Å²) in [6.45, 7) is -0.524. The zero-order valence-corrected chi connectivity index (χ0v) is 18.9. The lowest BCUT2D eigenvalue weighted by Gasteiger charge is -2.30. The molecule has 0 saturated carbocycles. The van der Waals surface area contributed by atoms with Crippen LogP contribution in [0.15, 0.2) is 54.6 Å². The summed E-state index contributed by atoms with van der Waals surface area (Å²) in [7, 11) is 0. The molecule has 1 fully saturated rings. The Bertz CT molecular complexity index is 1120. The molecule has 9 heteroatoms. The SMILES string of the molecule is O=C(CN(C(=O)c1ccc(Cl)cc1Cl)N1C(=O)[C@H]2CC=CC[C@@H]2C1=O)c1ccc(Cl)cc1. The summed E-state index contributed by atoms with van der Waals surface area (Å²) in [5.74, 6) is -3.35. The van der Waals surface area contributed by atoms with Gasteiger partial charge in [0.1, 0.15) is 6.54 Å². The van der Waals surface area contributed by atoms with Crippen molar-refractivity contribution in [2.24, 2.45) is 11.8 Å². The lowest BCUT2D eigenvalue weighted by Crippen LogP contribution is -2.52. The molecular formula is C23H17Cl3N2O4. The number of hydrogen-bond donors (Lipinski definition) is 0. The van der Waals surface area contributed by atoms with Crippen LogP contribution in [0.25, 0.3) is 0 Å². The van der Waals surface area contributed by atoms with E-state index < -0.39 is 41.9 Å². The van der Waals surface area contributed by atoms with Crippen LogP contribution in [0.2, 0.25) is 15.1 Å². The Balaban J connectivity index is 1.71. The first kappa shape index (κ1) is 22.5. The highest BCUT2D eigenvalue weighted by Gasteiger charge is 2.51. The molecule has 2 atom stereocenters. The van der Waals surface area contributed by atoms with E-state index in [-0.39, 0.29) is 16.1 Å². The summed E-state index contributed by atoms with van der Waals surface area (Å²) < 4.78 is 0. The van der Waals surface area contributed by atoms with Crippen molar-refractivity contribution >= 4 is 58.3 Å². The molecule has 0 spiro atoms. The summed E-state index contributed by atoms with van der Waals surface area (Å²) in [6, 6.07) is 10.4. The summed E-state index contributed by atoms with van der Waals surface area (Å²) in [5, 5.41) is 2.51. The van der Waals surface area contributed by atoms with Gasteiger partial charge in [-0.3, -0.25) is 19.2 Å². The Labute approximate surface area is 199 Å². The number of carbonyl (C=O) groups excluding carboxylic acids is 4. The lowest BCUT2D eigenvalue weighted by molar-refractivity contribution is -0.154. The van der Waals surface area contributed by atoms with Gasteiger partial charge in [-0.25, -0.2) is 5.01 Å². The standard InChI is InChI=1S/C23H17Cl3N2O4/c24-14-7-5-13(6-8-14)20(29)12-27(21(30)18-10-9-15(25)11-19(18)26)28-22(31)16-3-1-2-4-17(16)23(28)32/h1-2,5-11,16-17H,3-4,12H2/t16-,17-/m0/s1. The maximum atomic E-state index is 13.4. The fourth-order valence-corrected chi connectivity index (χ4v) is 4.53. The number of Topliss-reactive ketones (excluding diaryl/α,β-unsaturated/α-hetero) is 1. The maximum absolute atomic E-state index is 13.4. The first-order valence-electron chi connectivity index (χ1n) is 9.86. The molecule has 0 radical (unpaired) electrons. The van der Waals surface area contributed by atoms with Gasteiger partial charge in [0, 0.05) is 15.6 Å². The first-order valence-corrected chi connectivity index (χ1v) is 11.0. The van der Waals surface area contributed by atoms with E-state index in [4.69, 9.17) is 34.8 Å². The summed E-state index contributed by atoms with van der Waals surface area (Å²) in [4.78, 5) is 52.7. The van der Waals surface area contributed by atoms with Crippen LogP contribution >= 0.6 is 34.8 Å².